The summed E-state index contributed by atoms with van der Waals surface area (Å²) in [6, 6.07) is 10.6. The molecule has 0 radical (unpaired) electrons. The Labute approximate surface area is 82.3 Å². The molecular weight excluding hydrogens is 177 g/mol. The van der Waals surface area contributed by atoms with Crippen molar-refractivity contribution in [3.8, 4) is 0 Å². The number of nitrogens with two attached hydrogens (primary N) is 1. The minimum Gasteiger partial charge on any atom is -0.324 e. The molecule has 0 bridgehead atoms. The van der Waals surface area contributed by atoms with Gasteiger partial charge in [0, 0.05) is 6.04 Å². The summed E-state index contributed by atoms with van der Waals surface area (Å²) in [4.78, 5) is 0. The van der Waals surface area contributed by atoms with Crippen molar-refractivity contribution < 1.29 is 4.39 Å². The van der Waals surface area contributed by atoms with E-state index in [1.54, 1.807) is 6.07 Å². The van der Waals surface area contributed by atoms with E-state index < -0.39 is 0 Å². The van der Waals surface area contributed by atoms with Crippen LogP contribution in [0.15, 0.2) is 36.4 Å². The Kier molecular flexibility index (Phi) is 2.22. The maximum atomic E-state index is 12.9. The molecule has 0 aliphatic rings. The molecule has 0 heterocycles. The summed E-state index contributed by atoms with van der Waals surface area (Å²) in [6.07, 6.45) is 0. The highest BCUT2D eigenvalue weighted by Gasteiger charge is 2.01. The molecule has 1 atom stereocenters. The average molecular weight is 189 g/mol. The summed E-state index contributed by atoms with van der Waals surface area (Å²) in [7, 11) is 0. The molecule has 2 aromatic carbocycles. The quantitative estimate of drug-likeness (QED) is 0.733. The Balaban J connectivity index is 2.62. The van der Waals surface area contributed by atoms with Gasteiger partial charge in [0.05, 0.1) is 0 Å². The molecule has 0 spiro atoms. The lowest BCUT2D eigenvalue weighted by Crippen LogP contribution is -2.04. The van der Waals surface area contributed by atoms with E-state index in [2.05, 4.69) is 0 Å². The van der Waals surface area contributed by atoms with Crippen LogP contribution in [-0.4, -0.2) is 0 Å². The van der Waals surface area contributed by atoms with E-state index in [9.17, 15) is 4.39 Å². The highest BCUT2D eigenvalue weighted by Crippen LogP contribution is 2.19. The van der Waals surface area contributed by atoms with Crippen LogP contribution in [0.5, 0.6) is 0 Å². The van der Waals surface area contributed by atoms with Gasteiger partial charge in [-0.1, -0.05) is 18.2 Å². The summed E-state index contributed by atoms with van der Waals surface area (Å²) >= 11 is 0. The van der Waals surface area contributed by atoms with E-state index in [1.165, 1.54) is 12.1 Å². The van der Waals surface area contributed by atoms with E-state index in [0.717, 1.165) is 16.3 Å². The summed E-state index contributed by atoms with van der Waals surface area (Å²) in [6.45, 7) is 1.94. The lowest BCUT2D eigenvalue weighted by molar-refractivity contribution is 0.629. The van der Waals surface area contributed by atoms with Crippen molar-refractivity contribution >= 4 is 10.8 Å². The zero-order valence-electron chi connectivity index (χ0n) is 8.00. The van der Waals surface area contributed by atoms with Crippen LogP contribution < -0.4 is 5.73 Å². The number of rotatable bonds is 1. The zero-order valence-corrected chi connectivity index (χ0v) is 8.00. The standard InChI is InChI=1S/C12H12FN/c1-8(14)9-2-3-11-7-12(13)5-4-10(11)6-9/h2-8H,14H2,1H3/t8-/m0/s1. The molecule has 2 aromatic rings. The number of fused-ring (bicyclic) bond motifs is 1. The van der Waals surface area contributed by atoms with Crippen LogP contribution in [0.25, 0.3) is 10.8 Å². The van der Waals surface area contributed by atoms with Gasteiger partial charge in [-0.15, -0.1) is 0 Å². The lowest BCUT2D eigenvalue weighted by atomic mass is 10.0. The van der Waals surface area contributed by atoms with E-state index in [4.69, 9.17) is 5.73 Å². The van der Waals surface area contributed by atoms with Crippen LogP contribution in [0.2, 0.25) is 0 Å². The second kappa shape index (κ2) is 3.39. The molecule has 1 nitrogen and oxygen atoms in total. The van der Waals surface area contributed by atoms with E-state index >= 15 is 0 Å². The predicted octanol–water partition coefficient (Wildman–Crippen LogP) is 3.00. The van der Waals surface area contributed by atoms with Gasteiger partial charge in [0.15, 0.2) is 0 Å². The van der Waals surface area contributed by atoms with Crippen LogP contribution >= 0.6 is 0 Å². The Morgan fingerprint density at radius 2 is 1.71 bits per heavy atom. The number of benzene rings is 2. The maximum absolute atomic E-state index is 12.9. The number of hydrogen-bond donors (Lipinski definition) is 1. The minimum atomic E-state index is -0.203. The molecule has 2 N–H and O–H groups in total. The van der Waals surface area contributed by atoms with Gasteiger partial charge >= 0.3 is 0 Å². The molecule has 0 amide bonds. The molecule has 72 valence electrons. The van der Waals surface area contributed by atoms with Gasteiger partial charge in [0.25, 0.3) is 0 Å². The third kappa shape index (κ3) is 1.61. The molecule has 0 fully saturated rings. The SMILES string of the molecule is C[C@H](N)c1ccc2cc(F)ccc2c1. The molecule has 0 aromatic heterocycles. The summed E-state index contributed by atoms with van der Waals surface area (Å²) in [5, 5.41) is 1.94. The van der Waals surface area contributed by atoms with E-state index in [1.807, 2.05) is 25.1 Å². The topological polar surface area (TPSA) is 26.0 Å². The largest absolute Gasteiger partial charge is 0.324 e. The Morgan fingerprint density at radius 1 is 1.07 bits per heavy atom. The summed E-state index contributed by atoms with van der Waals surface area (Å²) in [5.41, 5.74) is 6.83. The van der Waals surface area contributed by atoms with Crippen LogP contribution in [0.4, 0.5) is 4.39 Å². The van der Waals surface area contributed by atoms with Crippen molar-refractivity contribution in [2.24, 2.45) is 5.73 Å². The first-order valence-corrected chi connectivity index (χ1v) is 4.61. The van der Waals surface area contributed by atoms with Gasteiger partial charge in [-0.05, 0) is 41.5 Å². The lowest BCUT2D eigenvalue weighted by Gasteiger charge is -2.06. The number of hydrogen-bond acceptors (Lipinski definition) is 1. The Hall–Kier alpha value is -1.41. The van der Waals surface area contributed by atoms with Gasteiger partial charge in [0.1, 0.15) is 5.82 Å². The van der Waals surface area contributed by atoms with Gasteiger partial charge in [-0.2, -0.15) is 0 Å². The fraction of sp³-hybridized carbons (Fsp3) is 0.167. The highest BCUT2D eigenvalue weighted by molar-refractivity contribution is 5.83. The van der Waals surface area contributed by atoms with Crippen LogP contribution in [0, 0.1) is 5.82 Å². The predicted molar refractivity (Wildman–Crippen MR) is 56.5 cm³/mol. The van der Waals surface area contributed by atoms with E-state index in [0.29, 0.717) is 0 Å². The fourth-order valence-electron chi connectivity index (χ4n) is 1.52. The molecule has 2 heteroatoms. The molecule has 0 unspecified atom stereocenters. The van der Waals surface area contributed by atoms with Gasteiger partial charge in [-0.25, -0.2) is 4.39 Å². The second-order valence-electron chi connectivity index (χ2n) is 3.54. The first kappa shape index (κ1) is 9.16. The van der Waals surface area contributed by atoms with Crippen molar-refractivity contribution in [3.63, 3.8) is 0 Å². The van der Waals surface area contributed by atoms with Gasteiger partial charge in [0.2, 0.25) is 0 Å². The van der Waals surface area contributed by atoms with Crippen molar-refractivity contribution in [2.45, 2.75) is 13.0 Å². The van der Waals surface area contributed by atoms with Crippen LogP contribution in [0.3, 0.4) is 0 Å². The normalized spacial score (nSPS) is 13.1. The Bertz CT molecular complexity index is 463. The number of halogens is 1. The Morgan fingerprint density at radius 3 is 2.43 bits per heavy atom. The third-order valence-electron chi connectivity index (χ3n) is 2.35. The maximum Gasteiger partial charge on any atom is 0.123 e. The minimum absolute atomic E-state index is 0.0180. The molecule has 0 saturated heterocycles. The first-order chi connectivity index (χ1) is 6.66. The van der Waals surface area contributed by atoms with Gasteiger partial charge in [-0.3, -0.25) is 0 Å². The average Bonchev–Trinajstić information content (AvgIpc) is 2.16. The molecule has 14 heavy (non-hydrogen) atoms. The van der Waals surface area contributed by atoms with Crippen molar-refractivity contribution in [1.29, 1.82) is 0 Å². The molecular formula is C12H12FN. The fourth-order valence-corrected chi connectivity index (χ4v) is 1.52. The van der Waals surface area contributed by atoms with Crippen molar-refractivity contribution in [1.82, 2.24) is 0 Å². The molecule has 0 saturated carbocycles. The van der Waals surface area contributed by atoms with Crippen molar-refractivity contribution in [2.75, 3.05) is 0 Å². The second-order valence-corrected chi connectivity index (χ2v) is 3.54. The summed E-state index contributed by atoms with van der Waals surface area (Å²) < 4.78 is 12.9. The van der Waals surface area contributed by atoms with Gasteiger partial charge < -0.3 is 5.73 Å². The smallest absolute Gasteiger partial charge is 0.123 e. The van der Waals surface area contributed by atoms with Crippen molar-refractivity contribution in [3.05, 3.63) is 47.8 Å². The van der Waals surface area contributed by atoms with Crippen LogP contribution in [0.1, 0.15) is 18.5 Å². The highest BCUT2D eigenvalue weighted by atomic mass is 19.1. The van der Waals surface area contributed by atoms with E-state index in [-0.39, 0.29) is 11.9 Å². The monoisotopic (exact) mass is 189 g/mol. The zero-order chi connectivity index (χ0) is 10.1. The molecule has 0 aliphatic heterocycles. The first-order valence-electron chi connectivity index (χ1n) is 4.61. The summed E-state index contributed by atoms with van der Waals surface area (Å²) in [5.74, 6) is -0.203. The third-order valence-corrected chi connectivity index (χ3v) is 2.35. The van der Waals surface area contributed by atoms with Crippen LogP contribution in [-0.2, 0) is 0 Å². The molecule has 0 aliphatic carbocycles. The molecule has 2 rings (SSSR count).